The zero-order chi connectivity index (χ0) is 11.9. The average Bonchev–Trinajstić information content (AvgIpc) is 2.15. The Hall–Kier alpha value is -0.140. The third-order valence-electron chi connectivity index (χ3n) is 1.68. The molecular formula is C8H17BrN2O3S. The van der Waals surface area contributed by atoms with Gasteiger partial charge in [-0.25, -0.2) is 13.1 Å². The number of carbonyl (C=O) groups is 1. The van der Waals surface area contributed by atoms with Gasteiger partial charge in [-0.2, -0.15) is 0 Å². The van der Waals surface area contributed by atoms with Crippen molar-refractivity contribution in [1.29, 1.82) is 0 Å². The summed E-state index contributed by atoms with van der Waals surface area (Å²) in [6, 6.07) is 0. The Labute approximate surface area is 99.2 Å². The average molecular weight is 301 g/mol. The molecule has 0 saturated carbocycles. The minimum atomic E-state index is -3.24. The first kappa shape index (κ1) is 14.9. The van der Waals surface area contributed by atoms with Gasteiger partial charge < -0.3 is 5.32 Å². The number of carbonyl (C=O) groups excluding carboxylic acids is 1. The lowest BCUT2D eigenvalue weighted by atomic mass is 10.3. The minimum Gasteiger partial charge on any atom is -0.354 e. The van der Waals surface area contributed by atoms with Crippen LogP contribution in [0, 0.1) is 0 Å². The quantitative estimate of drug-likeness (QED) is 0.660. The zero-order valence-electron chi connectivity index (χ0n) is 8.92. The number of amides is 1. The predicted octanol–water partition coefficient (Wildman–Crippen LogP) is 0.215. The molecule has 0 aromatic heterocycles. The highest BCUT2D eigenvalue weighted by atomic mass is 79.9. The normalized spacial score (nSPS) is 13.5. The lowest BCUT2D eigenvalue weighted by molar-refractivity contribution is -0.120. The van der Waals surface area contributed by atoms with Crippen molar-refractivity contribution in [3.05, 3.63) is 0 Å². The van der Waals surface area contributed by atoms with Crippen molar-refractivity contribution < 1.29 is 13.2 Å². The van der Waals surface area contributed by atoms with Crippen LogP contribution >= 0.6 is 15.9 Å². The highest BCUT2D eigenvalue weighted by Gasteiger charge is 2.13. The SMILES string of the molecule is CCNS(=O)(=O)CCNC(=O)C(Br)CC. The molecular weight excluding hydrogens is 284 g/mol. The van der Waals surface area contributed by atoms with E-state index >= 15 is 0 Å². The smallest absolute Gasteiger partial charge is 0.233 e. The van der Waals surface area contributed by atoms with Crippen molar-refractivity contribution in [2.24, 2.45) is 0 Å². The molecule has 0 aliphatic heterocycles. The van der Waals surface area contributed by atoms with Gasteiger partial charge in [0.05, 0.1) is 10.6 Å². The number of sulfonamides is 1. The molecule has 0 fully saturated rings. The van der Waals surface area contributed by atoms with Crippen LogP contribution in [0.5, 0.6) is 0 Å². The zero-order valence-corrected chi connectivity index (χ0v) is 11.3. The van der Waals surface area contributed by atoms with E-state index in [2.05, 4.69) is 26.0 Å². The predicted molar refractivity (Wildman–Crippen MR) is 63.5 cm³/mol. The fourth-order valence-electron chi connectivity index (χ4n) is 0.897. The lowest BCUT2D eigenvalue weighted by Gasteiger charge is -2.09. The van der Waals surface area contributed by atoms with Crippen LogP contribution in [0.2, 0.25) is 0 Å². The molecule has 0 aromatic rings. The maximum Gasteiger partial charge on any atom is 0.233 e. The Balaban J connectivity index is 3.85. The maximum atomic E-state index is 11.2. The van der Waals surface area contributed by atoms with Gasteiger partial charge >= 0.3 is 0 Å². The Kier molecular flexibility index (Phi) is 7.12. The summed E-state index contributed by atoms with van der Waals surface area (Å²) in [5.74, 6) is -0.264. The lowest BCUT2D eigenvalue weighted by Crippen LogP contribution is -2.37. The molecule has 1 amide bonds. The molecule has 0 saturated heterocycles. The fourth-order valence-corrected chi connectivity index (χ4v) is 2.01. The Morgan fingerprint density at radius 1 is 1.40 bits per heavy atom. The molecule has 0 spiro atoms. The molecule has 2 N–H and O–H groups in total. The largest absolute Gasteiger partial charge is 0.354 e. The Morgan fingerprint density at radius 2 is 2.00 bits per heavy atom. The van der Waals surface area contributed by atoms with E-state index in [1.807, 2.05) is 6.92 Å². The summed E-state index contributed by atoms with van der Waals surface area (Å²) < 4.78 is 24.7. The third kappa shape index (κ3) is 6.86. The van der Waals surface area contributed by atoms with E-state index < -0.39 is 10.0 Å². The van der Waals surface area contributed by atoms with Gasteiger partial charge in [0.2, 0.25) is 15.9 Å². The molecule has 0 rings (SSSR count). The van der Waals surface area contributed by atoms with Gasteiger partial charge in [-0.3, -0.25) is 4.79 Å². The standard InChI is InChI=1S/C8H17BrN2O3S/c1-3-7(9)8(12)10-5-6-15(13,14)11-4-2/h7,11H,3-6H2,1-2H3,(H,10,12). The van der Waals surface area contributed by atoms with Crippen molar-refractivity contribution in [1.82, 2.24) is 10.0 Å². The summed E-state index contributed by atoms with van der Waals surface area (Å²) in [6.07, 6.45) is 0.672. The molecule has 0 radical (unpaired) electrons. The highest BCUT2D eigenvalue weighted by molar-refractivity contribution is 9.10. The van der Waals surface area contributed by atoms with Crippen molar-refractivity contribution in [2.45, 2.75) is 25.1 Å². The first-order chi connectivity index (χ1) is 6.93. The molecule has 0 aliphatic rings. The van der Waals surface area contributed by atoms with Gasteiger partial charge in [-0.05, 0) is 6.42 Å². The number of rotatable bonds is 7. The van der Waals surface area contributed by atoms with Gasteiger partial charge in [0, 0.05) is 13.1 Å². The summed E-state index contributed by atoms with van der Waals surface area (Å²) in [7, 11) is -3.24. The molecule has 1 atom stereocenters. The molecule has 5 nitrogen and oxygen atoms in total. The molecule has 1 unspecified atom stereocenters. The van der Waals surface area contributed by atoms with E-state index in [1.165, 1.54) is 0 Å². The van der Waals surface area contributed by atoms with E-state index in [-0.39, 0.29) is 23.0 Å². The first-order valence-electron chi connectivity index (χ1n) is 4.82. The number of nitrogens with one attached hydrogen (secondary N) is 2. The molecule has 0 aliphatic carbocycles. The van der Waals surface area contributed by atoms with Gasteiger partial charge in [0.15, 0.2) is 0 Å². The monoisotopic (exact) mass is 300 g/mol. The van der Waals surface area contributed by atoms with Crippen LogP contribution in [0.25, 0.3) is 0 Å². The number of halogens is 1. The first-order valence-corrected chi connectivity index (χ1v) is 7.38. The summed E-state index contributed by atoms with van der Waals surface area (Å²) in [5, 5.41) is 2.54. The summed E-state index contributed by atoms with van der Waals surface area (Å²) in [4.78, 5) is 11.0. The van der Waals surface area contributed by atoms with Crippen molar-refractivity contribution >= 4 is 31.9 Å². The van der Waals surface area contributed by atoms with Crippen molar-refractivity contribution in [2.75, 3.05) is 18.8 Å². The second-order valence-corrected chi connectivity index (χ2v) is 6.02. The molecule has 0 aromatic carbocycles. The van der Waals surface area contributed by atoms with E-state index in [0.717, 1.165) is 0 Å². The highest BCUT2D eigenvalue weighted by Crippen LogP contribution is 2.03. The molecule has 0 bridgehead atoms. The molecule has 7 heteroatoms. The van der Waals surface area contributed by atoms with Crippen LogP contribution in [0.1, 0.15) is 20.3 Å². The van der Waals surface area contributed by atoms with Crippen LogP contribution in [0.3, 0.4) is 0 Å². The van der Waals surface area contributed by atoms with E-state index in [9.17, 15) is 13.2 Å². The van der Waals surface area contributed by atoms with E-state index in [1.54, 1.807) is 6.92 Å². The van der Waals surface area contributed by atoms with Crippen LogP contribution in [0.15, 0.2) is 0 Å². The van der Waals surface area contributed by atoms with Gasteiger partial charge in [0.1, 0.15) is 0 Å². The van der Waals surface area contributed by atoms with Crippen LogP contribution < -0.4 is 10.0 Å². The van der Waals surface area contributed by atoms with Gasteiger partial charge in [-0.1, -0.05) is 29.8 Å². The van der Waals surface area contributed by atoms with E-state index in [0.29, 0.717) is 13.0 Å². The van der Waals surface area contributed by atoms with Gasteiger partial charge in [0.25, 0.3) is 0 Å². The van der Waals surface area contributed by atoms with Crippen LogP contribution in [0.4, 0.5) is 0 Å². The molecule has 0 heterocycles. The summed E-state index contributed by atoms with van der Waals surface area (Å²) in [6.45, 7) is 4.08. The minimum absolute atomic E-state index is 0.0873. The van der Waals surface area contributed by atoms with E-state index in [4.69, 9.17) is 0 Å². The molecule has 90 valence electrons. The topological polar surface area (TPSA) is 75.3 Å². The number of alkyl halides is 1. The van der Waals surface area contributed by atoms with Crippen LogP contribution in [-0.2, 0) is 14.8 Å². The second-order valence-electron chi connectivity index (χ2n) is 2.98. The number of hydrogen-bond acceptors (Lipinski definition) is 3. The fraction of sp³-hybridized carbons (Fsp3) is 0.875. The second kappa shape index (κ2) is 7.19. The third-order valence-corrected chi connectivity index (χ3v) is 4.21. The molecule has 15 heavy (non-hydrogen) atoms. The van der Waals surface area contributed by atoms with Crippen molar-refractivity contribution in [3.63, 3.8) is 0 Å². The summed E-state index contributed by atoms with van der Waals surface area (Å²) in [5.41, 5.74) is 0. The maximum absolute atomic E-state index is 11.2. The number of hydrogen-bond donors (Lipinski definition) is 2. The van der Waals surface area contributed by atoms with Crippen LogP contribution in [-0.4, -0.2) is 38.0 Å². The van der Waals surface area contributed by atoms with Gasteiger partial charge in [-0.15, -0.1) is 0 Å². The summed E-state index contributed by atoms with van der Waals surface area (Å²) >= 11 is 3.18. The van der Waals surface area contributed by atoms with Crippen molar-refractivity contribution in [3.8, 4) is 0 Å². The Bertz CT molecular complexity index is 292. The Morgan fingerprint density at radius 3 is 2.47 bits per heavy atom.